The lowest BCUT2D eigenvalue weighted by Crippen LogP contribution is -2.13. The van der Waals surface area contributed by atoms with Crippen molar-refractivity contribution < 1.29 is 14.9 Å². The summed E-state index contributed by atoms with van der Waals surface area (Å²) in [4.78, 5) is 0. The maximum atomic E-state index is 9.78. The van der Waals surface area contributed by atoms with E-state index in [9.17, 15) is 10.2 Å². The number of ether oxygens (including phenoxy) is 1. The molecule has 0 bridgehead atoms. The van der Waals surface area contributed by atoms with Crippen molar-refractivity contribution in [3.05, 3.63) is 42.0 Å². The molecule has 0 aliphatic carbocycles. The van der Waals surface area contributed by atoms with E-state index >= 15 is 0 Å². The quantitative estimate of drug-likeness (QED) is 0.853. The van der Waals surface area contributed by atoms with Crippen molar-refractivity contribution in [3.8, 4) is 5.75 Å². The first-order chi connectivity index (χ1) is 8.11. The van der Waals surface area contributed by atoms with E-state index in [2.05, 4.69) is 0 Å². The molecule has 2 N–H and O–H groups in total. The number of hydrogen-bond acceptors (Lipinski definition) is 3. The van der Waals surface area contributed by atoms with Crippen molar-refractivity contribution in [1.29, 1.82) is 0 Å². The second-order valence-corrected chi connectivity index (χ2v) is 4.16. The molecule has 0 saturated heterocycles. The van der Waals surface area contributed by atoms with Crippen molar-refractivity contribution >= 4 is 10.8 Å². The van der Waals surface area contributed by atoms with Gasteiger partial charge in [-0.2, -0.15) is 0 Å². The molecule has 0 fully saturated rings. The first-order valence-corrected chi connectivity index (χ1v) is 5.55. The Morgan fingerprint density at radius 3 is 2.29 bits per heavy atom. The van der Waals surface area contributed by atoms with Crippen LogP contribution in [0.3, 0.4) is 0 Å². The molecule has 3 nitrogen and oxygen atoms in total. The van der Waals surface area contributed by atoms with E-state index in [0.717, 1.165) is 22.1 Å². The standard InChI is InChI=1S/C14H16O3/c1-9(15)14(16)12-4-3-11-8-13(17-2)6-5-10(11)7-12/h3-9,14-16H,1-2H3/t9-,14-/m0/s1. The van der Waals surface area contributed by atoms with Crippen LogP contribution in [0.2, 0.25) is 0 Å². The molecule has 17 heavy (non-hydrogen) atoms. The third kappa shape index (κ3) is 2.40. The van der Waals surface area contributed by atoms with Crippen LogP contribution in [0.15, 0.2) is 36.4 Å². The lowest BCUT2D eigenvalue weighted by Gasteiger charge is -2.14. The highest BCUT2D eigenvalue weighted by Crippen LogP contribution is 2.25. The van der Waals surface area contributed by atoms with E-state index in [0.29, 0.717) is 0 Å². The Labute approximate surface area is 100 Å². The molecular formula is C14H16O3. The van der Waals surface area contributed by atoms with Crippen molar-refractivity contribution in [2.75, 3.05) is 7.11 Å². The summed E-state index contributed by atoms with van der Waals surface area (Å²) in [6.07, 6.45) is -1.62. The second-order valence-electron chi connectivity index (χ2n) is 4.16. The molecule has 0 aromatic heterocycles. The summed E-state index contributed by atoms with van der Waals surface area (Å²) in [5.74, 6) is 0.807. The normalized spacial score (nSPS) is 14.6. The minimum atomic E-state index is -0.846. The first kappa shape index (κ1) is 11.9. The molecule has 3 heteroatoms. The average Bonchev–Trinajstić information content (AvgIpc) is 2.36. The summed E-state index contributed by atoms with van der Waals surface area (Å²) in [7, 11) is 1.63. The summed E-state index contributed by atoms with van der Waals surface area (Å²) in [5, 5.41) is 21.2. The Bertz CT molecular complexity index is 520. The fourth-order valence-corrected chi connectivity index (χ4v) is 1.83. The van der Waals surface area contributed by atoms with Crippen LogP contribution in [0, 0.1) is 0 Å². The molecule has 0 amide bonds. The van der Waals surface area contributed by atoms with Gasteiger partial charge in [-0.15, -0.1) is 0 Å². The van der Waals surface area contributed by atoms with Gasteiger partial charge in [0.05, 0.1) is 13.2 Å². The monoisotopic (exact) mass is 232 g/mol. The van der Waals surface area contributed by atoms with Crippen LogP contribution in [0.5, 0.6) is 5.75 Å². The smallest absolute Gasteiger partial charge is 0.119 e. The van der Waals surface area contributed by atoms with E-state index < -0.39 is 12.2 Å². The number of aliphatic hydroxyl groups is 2. The Morgan fingerprint density at radius 2 is 1.65 bits per heavy atom. The van der Waals surface area contributed by atoms with Gasteiger partial charge in [-0.3, -0.25) is 0 Å². The summed E-state index contributed by atoms with van der Waals surface area (Å²) >= 11 is 0. The van der Waals surface area contributed by atoms with Gasteiger partial charge in [-0.05, 0) is 41.5 Å². The minimum absolute atomic E-state index is 0.720. The fourth-order valence-electron chi connectivity index (χ4n) is 1.83. The van der Waals surface area contributed by atoms with Gasteiger partial charge in [0.1, 0.15) is 11.9 Å². The van der Waals surface area contributed by atoms with Gasteiger partial charge in [0, 0.05) is 0 Å². The summed E-state index contributed by atoms with van der Waals surface area (Å²) in [6.45, 7) is 1.57. The van der Waals surface area contributed by atoms with Crippen LogP contribution >= 0.6 is 0 Å². The largest absolute Gasteiger partial charge is 0.497 e. The number of benzene rings is 2. The minimum Gasteiger partial charge on any atom is -0.497 e. The zero-order valence-electron chi connectivity index (χ0n) is 9.92. The molecule has 2 rings (SSSR count). The zero-order chi connectivity index (χ0) is 12.4. The van der Waals surface area contributed by atoms with Crippen molar-refractivity contribution in [1.82, 2.24) is 0 Å². The summed E-state index contributed by atoms with van der Waals surface area (Å²) in [5.41, 5.74) is 0.720. The fraction of sp³-hybridized carbons (Fsp3) is 0.286. The third-order valence-corrected chi connectivity index (χ3v) is 2.87. The van der Waals surface area contributed by atoms with Crippen LogP contribution in [0.25, 0.3) is 10.8 Å². The first-order valence-electron chi connectivity index (χ1n) is 5.55. The lowest BCUT2D eigenvalue weighted by atomic mass is 10.0. The van der Waals surface area contributed by atoms with E-state index in [1.54, 1.807) is 14.0 Å². The highest BCUT2D eigenvalue weighted by molar-refractivity contribution is 5.84. The molecule has 2 aromatic rings. The van der Waals surface area contributed by atoms with Crippen LogP contribution in [0.4, 0.5) is 0 Å². The lowest BCUT2D eigenvalue weighted by molar-refractivity contribution is 0.0306. The topological polar surface area (TPSA) is 49.7 Å². The molecule has 0 unspecified atom stereocenters. The summed E-state index contributed by atoms with van der Waals surface area (Å²) < 4.78 is 5.15. The van der Waals surface area contributed by atoms with Gasteiger partial charge >= 0.3 is 0 Å². The Hall–Kier alpha value is -1.58. The van der Waals surface area contributed by atoms with Crippen molar-refractivity contribution in [2.24, 2.45) is 0 Å². The Kier molecular flexibility index (Phi) is 3.31. The van der Waals surface area contributed by atoms with Gasteiger partial charge in [0.2, 0.25) is 0 Å². The second kappa shape index (κ2) is 4.73. The van der Waals surface area contributed by atoms with E-state index in [-0.39, 0.29) is 0 Å². The van der Waals surface area contributed by atoms with Gasteiger partial charge < -0.3 is 14.9 Å². The highest BCUT2D eigenvalue weighted by atomic mass is 16.5. The Balaban J connectivity index is 2.44. The van der Waals surface area contributed by atoms with Crippen LogP contribution < -0.4 is 4.74 Å². The number of fused-ring (bicyclic) bond motifs is 1. The van der Waals surface area contributed by atoms with Gasteiger partial charge in [0.25, 0.3) is 0 Å². The van der Waals surface area contributed by atoms with E-state index in [4.69, 9.17) is 4.74 Å². The van der Waals surface area contributed by atoms with Crippen molar-refractivity contribution in [3.63, 3.8) is 0 Å². The summed E-state index contributed by atoms with van der Waals surface area (Å²) in [6, 6.07) is 11.4. The average molecular weight is 232 g/mol. The van der Waals surface area contributed by atoms with Gasteiger partial charge in [-0.1, -0.05) is 18.2 Å². The maximum Gasteiger partial charge on any atom is 0.119 e. The SMILES string of the molecule is COc1ccc2cc([C@@H](O)[C@H](C)O)ccc2c1. The molecule has 0 radical (unpaired) electrons. The van der Waals surface area contributed by atoms with Crippen LogP contribution in [-0.4, -0.2) is 23.4 Å². The van der Waals surface area contributed by atoms with Gasteiger partial charge in [-0.25, -0.2) is 0 Å². The maximum absolute atomic E-state index is 9.78. The molecule has 0 heterocycles. The predicted octanol–water partition coefficient (Wildman–Crippen LogP) is 2.26. The zero-order valence-corrected chi connectivity index (χ0v) is 9.92. The van der Waals surface area contributed by atoms with E-state index in [1.165, 1.54) is 0 Å². The van der Waals surface area contributed by atoms with Gasteiger partial charge in [0.15, 0.2) is 0 Å². The third-order valence-electron chi connectivity index (χ3n) is 2.87. The van der Waals surface area contributed by atoms with Crippen LogP contribution in [-0.2, 0) is 0 Å². The molecule has 0 aliphatic heterocycles. The highest BCUT2D eigenvalue weighted by Gasteiger charge is 2.13. The molecule has 2 atom stereocenters. The molecule has 0 saturated carbocycles. The number of methoxy groups -OCH3 is 1. The molecule has 0 spiro atoms. The number of hydrogen-bond donors (Lipinski definition) is 2. The van der Waals surface area contributed by atoms with Crippen LogP contribution in [0.1, 0.15) is 18.6 Å². The molecule has 90 valence electrons. The predicted molar refractivity (Wildman–Crippen MR) is 67.1 cm³/mol. The number of aliphatic hydroxyl groups excluding tert-OH is 2. The van der Waals surface area contributed by atoms with E-state index in [1.807, 2.05) is 36.4 Å². The molecular weight excluding hydrogens is 216 g/mol. The molecule has 0 aliphatic rings. The Morgan fingerprint density at radius 1 is 1.00 bits per heavy atom. The van der Waals surface area contributed by atoms with Crippen molar-refractivity contribution in [2.45, 2.75) is 19.1 Å². The number of rotatable bonds is 3. The molecule has 2 aromatic carbocycles.